The van der Waals surface area contributed by atoms with Gasteiger partial charge in [-0.3, -0.25) is 9.59 Å². The van der Waals surface area contributed by atoms with Gasteiger partial charge in [0.25, 0.3) is 0 Å². The third-order valence-corrected chi connectivity index (χ3v) is 5.61. The maximum atomic E-state index is 12.0. The van der Waals surface area contributed by atoms with E-state index in [2.05, 4.69) is 6.08 Å². The summed E-state index contributed by atoms with van der Waals surface area (Å²) in [4.78, 5) is 24.0. The fourth-order valence-corrected chi connectivity index (χ4v) is 4.20. The first-order valence-electron chi connectivity index (χ1n) is 7.95. The zero-order valence-electron chi connectivity index (χ0n) is 11.7. The molecular formula is C17H24O2. The third kappa shape index (κ3) is 2.42. The van der Waals surface area contributed by atoms with Crippen molar-refractivity contribution in [2.45, 2.75) is 70.6 Å². The average Bonchev–Trinajstić information content (AvgIpc) is 3.03. The van der Waals surface area contributed by atoms with Crippen molar-refractivity contribution in [1.29, 1.82) is 0 Å². The lowest BCUT2D eigenvalue weighted by Gasteiger charge is -2.31. The van der Waals surface area contributed by atoms with Gasteiger partial charge in [-0.1, -0.05) is 37.3 Å². The Labute approximate surface area is 115 Å². The molecule has 0 radical (unpaired) electrons. The maximum Gasteiger partial charge on any atom is 0.146 e. The minimum atomic E-state index is -0.551. The van der Waals surface area contributed by atoms with E-state index in [1.165, 1.54) is 37.7 Å². The van der Waals surface area contributed by atoms with Crippen LogP contribution in [-0.2, 0) is 9.59 Å². The molecule has 0 bridgehead atoms. The monoisotopic (exact) mass is 260 g/mol. The summed E-state index contributed by atoms with van der Waals surface area (Å²) in [6, 6.07) is 0. The normalized spacial score (nSPS) is 27.5. The molecule has 0 amide bonds. The Morgan fingerprint density at radius 1 is 0.947 bits per heavy atom. The lowest BCUT2D eigenvalue weighted by molar-refractivity contribution is -0.136. The van der Waals surface area contributed by atoms with E-state index in [-0.39, 0.29) is 11.6 Å². The highest BCUT2D eigenvalue weighted by Gasteiger charge is 2.49. The van der Waals surface area contributed by atoms with Gasteiger partial charge in [0.2, 0.25) is 0 Å². The second kappa shape index (κ2) is 5.22. The number of carbonyl (C=O) groups is 2. The van der Waals surface area contributed by atoms with Crippen LogP contribution in [0, 0.1) is 11.3 Å². The Bertz CT molecular complexity index is 385. The Hall–Kier alpha value is -0.920. The van der Waals surface area contributed by atoms with Gasteiger partial charge in [-0.15, -0.1) is 0 Å². The second-order valence-corrected chi connectivity index (χ2v) is 6.68. The summed E-state index contributed by atoms with van der Waals surface area (Å²) in [6.45, 7) is 0. The number of Topliss-reactive ketones (excluding diaryl/α,β-unsaturated/α-hetero) is 2. The SMILES string of the molecule is O=C1CCC(=O)C12CCC(=CCC1CCCC1)CC2. The van der Waals surface area contributed by atoms with Crippen molar-refractivity contribution in [2.75, 3.05) is 0 Å². The van der Waals surface area contributed by atoms with Gasteiger partial charge >= 0.3 is 0 Å². The van der Waals surface area contributed by atoms with Crippen LogP contribution >= 0.6 is 0 Å². The van der Waals surface area contributed by atoms with Gasteiger partial charge < -0.3 is 0 Å². The molecular weight excluding hydrogens is 236 g/mol. The highest BCUT2D eigenvalue weighted by molar-refractivity contribution is 6.12. The molecule has 3 aliphatic rings. The summed E-state index contributed by atoms with van der Waals surface area (Å²) in [6.07, 6.45) is 13.8. The number of carbonyl (C=O) groups excluding carboxylic acids is 2. The number of hydrogen-bond acceptors (Lipinski definition) is 2. The summed E-state index contributed by atoms with van der Waals surface area (Å²) in [7, 11) is 0. The number of allylic oxidation sites excluding steroid dienone is 2. The Kier molecular flexibility index (Phi) is 3.60. The van der Waals surface area contributed by atoms with E-state index >= 15 is 0 Å². The molecule has 0 N–H and O–H groups in total. The lowest BCUT2D eigenvalue weighted by Crippen LogP contribution is -2.35. The van der Waals surface area contributed by atoms with Crippen LogP contribution in [0.4, 0.5) is 0 Å². The first kappa shape index (κ1) is 13.1. The summed E-state index contributed by atoms with van der Waals surface area (Å²) >= 11 is 0. The first-order chi connectivity index (χ1) is 9.21. The van der Waals surface area contributed by atoms with Crippen LogP contribution < -0.4 is 0 Å². The van der Waals surface area contributed by atoms with Gasteiger partial charge in [0.1, 0.15) is 11.6 Å². The van der Waals surface area contributed by atoms with Crippen LogP contribution in [0.3, 0.4) is 0 Å². The molecule has 3 aliphatic carbocycles. The molecule has 104 valence electrons. The third-order valence-electron chi connectivity index (χ3n) is 5.61. The Morgan fingerprint density at radius 3 is 2.11 bits per heavy atom. The van der Waals surface area contributed by atoms with Crippen LogP contribution in [0.5, 0.6) is 0 Å². The van der Waals surface area contributed by atoms with E-state index in [1.54, 1.807) is 0 Å². The molecule has 0 aromatic rings. The highest BCUT2D eigenvalue weighted by atomic mass is 16.2. The number of ketones is 2. The van der Waals surface area contributed by atoms with Crippen LogP contribution in [0.2, 0.25) is 0 Å². The van der Waals surface area contributed by atoms with Gasteiger partial charge in [0.15, 0.2) is 0 Å². The van der Waals surface area contributed by atoms with Crippen LogP contribution in [-0.4, -0.2) is 11.6 Å². The standard InChI is InChI=1S/C17H24O2/c18-15-7-8-16(19)17(15)11-9-14(10-12-17)6-5-13-3-1-2-4-13/h6,13H,1-5,7-12H2. The maximum absolute atomic E-state index is 12.0. The predicted octanol–water partition coefficient (Wildman–Crippen LogP) is 3.99. The smallest absolute Gasteiger partial charge is 0.146 e. The largest absolute Gasteiger partial charge is 0.299 e. The predicted molar refractivity (Wildman–Crippen MR) is 74.8 cm³/mol. The summed E-state index contributed by atoms with van der Waals surface area (Å²) in [5, 5.41) is 0. The van der Waals surface area contributed by atoms with Crippen molar-refractivity contribution >= 4 is 11.6 Å². The van der Waals surface area contributed by atoms with E-state index in [1.807, 2.05) is 0 Å². The van der Waals surface area contributed by atoms with Crippen LogP contribution in [0.25, 0.3) is 0 Å². The fourth-order valence-electron chi connectivity index (χ4n) is 4.20. The molecule has 2 heteroatoms. The van der Waals surface area contributed by atoms with Crippen molar-refractivity contribution < 1.29 is 9.59 Å². The number of rotatable bonds is 2. The van der Waals surface area contributed by atoms with Gasteiger partial charge in [0, 0.05) is 12.8 Å². The summed E-state index contributed by atoms with van der Waals surface area (Å²) < 4.78 is 0. The molecule has 0 heterocycles. The minimum absolute atomic E-state index is 0.229. The molecule has 3 fully saturated rings. The molecule has 0 saturated heterocycles. The minimum Gasteiger partial charge on any atom is -0.299 e. The Balaban J connectivity index is 1.58. The first-order valence-corrected chi connectivity index (χ1v) is 7.95. The van der Waals surface area contributed by atoms with E-state index in [4.69, 9.17) is 0 Å². The molecule has 19 heavy (non-hydrogen) atoms. The topological polar surface area (TPSA) is 34.1 Å². The summed E-state index contributed by atoms with van der Waals surface area (Å²) in [5.74, 6) is 1.36. The van der Waals surface area contributed by atoms with Gasteiger partial charge in [-0.25, -0.2) is 0 Å². The molecule has 0 aromatic heterocycles. The highest BCUT2D eigenvalue weighted by Crippen LogP contribution is 2.46. The molecule has 1 spiro atoms. The lowest BCUT2D eigenvalue weighted by atomic mass is 9.70. The summed E-state index contributed by atoms with van der Waals surface area (Å²) in [5.41, 5.74) is 0.954. The Morgan fingerprint density at radius 2 is 1.53 bits per heavy atom. The van der Waals surface area contributed by atoms with E-state index in [0.29, 0.717) is 12.8 Å². The number of hydrogen-bond donors (Lipinski definition) is 0. The molecule has 0 aliphatic heterocycles. The molecule has 0 atom stereocenters. The quantitative estimate of drug-likeness (QED) is 0.556. The molecule has 3 rings (SSSR count). The molecule has 2 nitrogen and oxygen atoms in total. The second-order valence-electron chi connectivity index (χ2n) is 6.68. The van der Waals surface area contributed by atoms with Crippen molar-refractivity contribution in [3.63, 3.8) is 0 Å². The zero-order chi connectivity index (χ0) is 13.3. The van der Waals surface area contributed by atoms with Gasteiger partial charge in [-0.2, -0.15) is 0 Å². The fraction of sp³-hybridized carbons (Fsp3) is 0.765. The zero-order valence-corrected chi connectivity index (χ0v) is 11.7. The average molecular weight is 260 g/mol. The van der Waals surface area contributed by atoms with Crippen molar-refractivity contribution in [3.05, 3.63) is 11.6 Å². The van der Waals surface area contributed by atoms with E-state index in [9.17, 15) is 9.59 Å². The van der Waals surface area contributed by atoms with Crippen molar-refractivity contribution in [3.8, 4) is 0 Å². The molecule has 0 unspecified atom stereocenters. The van der Waals surface area contributed by atoms with Gasteiger partial charge in [-0.05, 0) is 38.0 Å². The molecule has 3 saturated carbocycles. The van der Waals surface area contributed by atoms with Crippen LogP contribution in [0.15, 0.2) is 11.6 Å². The van der Waals surface area contributed by atoms with Crippen molar-refractivity contribution in [2.24, 2.45) is 11.3 Å². The van der Waals surface area contributed by atoms with Gasteiger partial charge in [0.05, 0.1) is 5.41 Å². The van der Waals surface area contributed by atoms with Crippen molar-refractivity contribution in [1.82, 2.24) is 0 Å². The van der Waals surface area contributed by atoms with E-state index < -0.39 is 5.41 Å². The molecule has 0 aromatic carbocycles. The van der Waals surface area contributed by atoms with E-state index in [0.717, 1.165) is 31.6 Å². The van der Waals surface area contributed by atoms with Crippen LogP contribution in [0.1, 0.15) is 70.6 Å².